The van der Waals surface area contributed by atoms with Gasteiger partial charge in [-0.1, -0.05) is 37.6 Å². The lowest BCUT2D eigenvalue weighted by Crippen LogP contribution is -2.51. The highest BCUT2D eigenvalue weighted by Gasteiger charge is 2.47. The lowest BCUT2D eigenvalue weighted by Gasteiger charge is -2.41. The number of oxazole rings is 1. The van der Waals surface area contributed by atoms with Crippen LogP contribution in [0.25, 0.3) is 11.1 Å². The van der Waals surface area contributed by atoms with Crippen LogP contribution in [0.3, 0.4) is 0 Å². The molecule has 1 amide bonds. The first kappa shape index (κ1) is 25.9. The van der Waals surface area contributed by atoms with Crippen LogP contribution in [-0.4, -0.2) is 53.3 Å². The molecule has 2 aromatic carbocycles. The van der Waals surface area contributed by atoms with Crippen LogP contribution in [0.5, 0.6) is 0 Å². The highest BCUT2D eigenvalue weighted by Crippen LogP contribution is 2.39. The summed E-state index contributed by atoms with van der Waals surface area (Å²) in [6.45, 7) is 6.31. The van der Waals surface area contributed by atoms with Gasteiger partial charge in [0, 0.05) is 25.6 Å². The Bertz CT molecular complexity index is 1380. The number of rotatable bonds is 6. The Kier molecular flexibility index (Phi) is 6.87. The highest BCUT2D eigenvalue weighted by atomic mass is 32.2. The van der Waals surface area contributed by atoms with Crippen LogP contribution in [0, 0.1) is 12.3 Å². The minimum atomic E-state index is -4.04. The van der Waals surface area contributed by atoms with Gasteiger partial charge in [-0.05, 0) is 67.9 Å². The molecule has 2 atom stereocenters. The van der Waals surface area contributed by atoms with Crippen molar-refractivity contribution in [3.63, 3.8) is 0 Å². The average molecular weight is 528 g/mol. The Balaban J connectivity index is 1.46. The van der Waals surface area contributed by atoms with Crippen molar-refractivity contribution < 1.29 is 22.0 Å². The Morgan fingerprint density at radius 1 is 1.16 bits per heavy atom. The second kappa shape index (κ2) is 9.83. The number of nitrogens with zero attached hydrogens (tertiary/aromatic N) is 3. The molecule has 2 aliphatic rings. The molecule has 0 spiro atoms. The van der Waals surface area contributed by atoms with Crippen molar-refractivity contribution in [1.29, 1.82) is 0 Å². The van der Waals surface area contributed by atoms with Crippen molar-refractivity contribution in [2.45, 2.75) is 82.6 Å². The second-order valence-corrected chi connectivity index (χ2v) is 13.1. The molecule has 1 aliphatic carbocycles. The predicted molar refractivity (Wildman–Crippen MR) is 139 cm³/mol. The number of benzene rings is 2. The molecule has 1 saturated heterocycles. The van der Waals surface area contributed by atoms with Gasteiger partial charge < -0.3 is 9.32 Å². The van der Waals surface area contributed by atoms with E-state index in [1.165, 1.54) is 18.5 Å². The van der Waals surface area contributed by atoms with E-state index >= 15 is 0 Å². The van der Waals surface area contributed by atoms with Gasteiger partial charge in [-0.25, -0.2) is 17.8 Å². The summed E-state index contributed by atoms with van der Waals surface area (Å²) in [6.07, 6.45) is 3.41. The standard InChI is InChI=1S/C28H34FN3O4S/c1-19-4-7-23(8-5-19)37(34,35)32-17-21(29)15-25(32)27(33)31(22-10-12-28(2,3)13-11-22)16-20-6-9-24-26(14-20)36-18-30-24/h4-9,14,18,21-22,25H,10-13,15-17H2,1-3H3/t21-,25-/m0/s1. The van der Waals surface area contributed by atoms with Gasteiger partial charge in [0.15, 0.2) is 12.0 Å². The summed E-state index contributed by atoms with van der Waals surface area (Å²) < 4.78 is 48.4. The first-order valence-electron chi connectivity index (χ1n) is 12.9. The number of carbonyl (C=O) groups excluding carboxylic acids is 1. The third-order valence-electron chi connectivity index (χ3n) is 7.90. The summed E-state index contributed by atoms with van der Waals surface area (Å²) in [5.74, 6) is -0.335. The van der Waals surface area contributed by atoms with Crippen LogP contribution >= 0.6 is 0 Å². The minimum Gasteiger partial charge on any atom is -0.443 e. The molecule has 9 heteroatoms. The van der Waals surface area contributed by atoms with E-state index in [-0.39, 0.29) is 35.2 Å². The smallest absolute Gasteiger partial charge is 0.243 e. The van der Waals surface area contributed by atoms with E-state index in [4.69, 9.17) is 4.42 Å². The number of amides is 1. The fraction of sp³-hybridized carbons (Fsp3) is 0.500. The zero-order valence-corrected chi connectivity index (χ0v) is 22.4. The summed E-state index contributed by atoms with van der Waals surface area (Å²) in [6, 6.07) is 11.0. The summed E-state index contributed by atoms with van der Waals surface area (Å²) in [4.78, 5) is 20.2. The molecule has 1 aliphatic heterocycles. The molecule has 2 heterocycles. The van der Waals surface area contributed by atoms with E-state index in [0.29, 0.717) is 12.1 Å². The molecule has 0 N–H and O–H groups in total. The Hall–Kier alpha value is -2.78. The van der Waals surface area contributed by atoms with E-state index in [1.807, 2.05) is 25.1 Å². The SMILES string of the molecule is Cc1ccc(S(=O)(=O)N2C[C@@H](F)C[C@H]2C(=O)N(Cc2ccc3ncoc3c2)C2CCC(C)(C)CC2)cc1. The summed E-state index contributed by atoms with van der Waals surface area (Å²) in [5, 5.41) is 0. The summed E-state index contributed by atoms with van der Waals surface area (Å²) in [7, 11) is -4.04. The predicted octanol–water partition coefficient (Wildman–Crippen LogP) is 5.23. The fourth-order valence-corrected chi connectivity index (χ4v) is 7.18. The topological polar surface area (TPSA) is 83.7 Å². The van der Waals surface area contributed by atoms with Gasteiger partial charge in [0.25, 0.3) is 0 Å². The number of carbonyl (C=O) groups is 1. The maximum atomic E-state index is 14.8. The zero-order valence-electron chi connectivity index (χ0n) is 21.6. The third-order valence-corrected chi connectivity index (χ3v) is 9.79. The normalized spacial score (nSPS) is 22.9. The number of aryl methyl sites for hydroxylation is 1. The molecule has 3 aromatic rings. The maximum absolute atomic E-state index is 14.8. The van der Waals surface area contributed by atoms with Crippen molar-refractivity contribution >= 4 is 27.0 Å². The first-order chi connectivity index (χ1) is 17.5. The van der Waals surface area contributed by atoms with Gasteiger partial charge in [0.2, 0.25) is 15.9 Å². The van der Waals surface area contributed by atoms with E-state index in [0.717, 1.165) is 46.6 Å². The third kappa shape index (κ3) is 5.29. The molecule has 1 aromatic heterocycles. The monoisotopic (exact) mass is 527 g/mol. The van der Waals surface area contributed by atoms with Crippen LogP contribution < -0.4 is 0 Å². The average Bonchev–Trinajstić information content (AvgIpc) is 3.49. The van der Waals surface area contributed by atoms with E-state index < -0.39 is 22.2 Å². The number of hydrogen-bond donors (Lipinski definition) is 0. The Labute approximate surface area is 217 Å². The first-order valence-corrected chi connectivity index (χ1v) is 14.3. The number of sulfonamides is 1. The van der Waals surface area contributed by atoms with Crippen LogP contribution in [0.4, 0.5) is 4.39 Å². The molecular weight excluding hydrogens is 493 g/mol. The van der Waals surface area contributed by atoms with Gasteiger partial charge >= 0.3 is 0 Å². The van der Waals surface area contributed by atoms with Crippen molar-refractivity contribution in [3.8, 4) is 0 Å². The molecule has 2 fully saturated rings. The van der Waals surface area contributed by atoms with Crippen molar-refractivity contribution in [2.24, 2.45) is 5.41 Å². The highest BCUT2D eigenvalue weighted by molar-refractivity contribution is 7.89. The van der Waals surface area contributed by atoms with E-state index in [9.17, 15) is 17.6 Å². The van der Waals surface area contributed by atoms with Crippen molar-refractivity contribution in [3.05, 3.63) is 60.0 Å². The molecule has 0 radical (unpaired) electrons. The van der Waals surface area contributed by atoms with Gasteiger partial charge in [-0.2, -0.15) is 4.31 Å². The fourth-order valence-electron chi connectivity index (χ4n) is 5.56. The summed E-state index contributed by atoms with van der Waals surface area (Å²) in [5.41, 5.74) is 3.34. The van der Waals surface area contributed by atoms with Crippen LogP contribution in [-0.2, 0) is 21.4 Å². The largest absolute Gasteiger partial charge is 0.443 e. The van der Waals surface area contributed by atoms with Crippen molar-refractivity contribution in [1.82, 2.24) is 14.2 Å². The Morgan fingerprint density at radius 2 is 1.86 bits per heavy atom. The lowest BCUT2D eigenvalue weighted by molar-refractivity contribution is -0.139. The van der Waals surface area contributed by atoms with E-state index in [2.05, 4.69) is 18.8 Å². The molecule has 198 valence electrons. The molecule has 0 bridgehead atoms. The molecule has 37 heavy (non-hydrogen) atoms. The van der Waals surface area contributed by atoms with Crippen LogP contribution in [0.1, 0.15) is 57.1 Å². The number of alkyl halides is 1. The van der Waals surface area contributed by atoms with Gasteiger partial charge in [0.05, 0.1) is 4.90 Å². The number of hydrogen-bond acceptors (Lipinski definition) is 5. The van der Waals surface area contributed by atoms with Crippen molar-refractivity contribution in [2.75, 3.05) is 6.54 Å². The molecule has 1 saturated carbocycles. The Morgan fingerprint density at radius 3 is 2.57 bits per heavy atom. The number of aromatic nitrogens is 1. The van der Waals surface area contributed by atoms with Gasteiger partial charge in [-0.3, -0.25) is 4.79 Å². The van der Waals surface area contributed by atoms with Gasteiger partial charge in [0.1, 0.15) is 17.7 Å². The zero-order chi connectivity index (χ0) is 26.4. The van der Waals surface area contributed by atoms with Crippen LogP contribution in [0.15, 0.2) is 58.2 Å². The molecular formula is C28H34FN3O4S. The van der Waals surface area contributed by atoms with Crippen LogP contribution in [0.2, 0.25) is 0 Å². The minimum absolute atomic E-state index is 0.0476. The molecule has 0 unspecified atom stereocenters. The second-order valence-electron chi connectivity index (χ2n) is 11.3. The quantitative estimate of drug-likeness (QED) is 0.438. The van der Waals surface area contributed by atoms with Gasteiger partial charge in [-0.15, -0.1) is 0 Å². The lowest BCUT2D eigenvalue weighted by atomic mass is 9.75. The number of fused-ring (bicyclic) bond motifs is 1. The number of halogens is 1. The van der Waals surface area contributed by atoms with E-state index in [1.54, 1.807) is 17.0 Å². The maximum Gasteiger partial charge on any atom is 0.243 e. The molecule has 5 rings (SSSR count). The molecule has 7 nitrogen and oxygen atoms in total. The summed E-state index contributed by atoms with van der Waals surface area (Å²) >= 11 is 0.